The number of allylic oxidation sites excluding steroid dienone is 3. The molecular weight excluding hydrogens is 636 g/mol. The first-order valence-electron chi connectivity index (χ1n) is 17.1. The van der Waals surface area contributed by atoms with Crippen LogP contribution in [0.3, 0.4) is 0 Å². The summed E-state index contributed by atoms with van der Waals surface area (Å²) in [7, 11) is 0. The van der Waals surface area contributed by atoms with E-state index in [2.05, 4.69) is 81.1 Å². The van der Waals surface area contributed by atoms with Crippen molar-refractivity contribution in [2.24, 2.45) is 10.9 Å². The summed E-state index contributed by atoms with van der Waals surface area (Å²) in [5.74, 6) is 0.410. The Morgan fingerprint density at radius 2 is 1.29 bits per heavy atom. The predicted molar refractivity (Wildman–Crippen MR) is 192 cm³/mol. The molecule has 0 amide bonds. The summed E-state index contributed by atoms with van der Waals surface area (Å²) < 4.78 is 77.9. The molecule has 1 aliphatic carbocycles. The second-order valence-electron chi connectivity index (χ2n) is 12.9. The minimum Gasteiger partial charge on any atom is -0.372 e. The topological polar surface area (TPSA) is 18.8 Å². The van der Waals surface area contributed by atoms with E-state index in [0.29, 0.717) is 18.2 Å². The van der Waals surface area contributed by atoms with Gasteiger partial charge in [-0.15, -0.1) is 0 Å². The Labute approximate surface area is 287 Å². The number of anilines is 2. The zero-order chi connectivity index (χ0) is 35.8. The monoisotopic (exact) mass is 683 g/mol. The first kappa shape index (κ1) is 37.8. The van der Waals surface area contributed by atoms with Crippen LogP contribution >= 0.6 is 0 Å². The van der Waals surface area contributed by atoms with Gasteiger partial charge >= 0.3 is 12.4 Å². The van der Waals surface area contributed by atoms with Crippen LogP contribution in [0, 0.1) is 12.8 Å². The smallest absolute Gasteiger partial charge is 0.372 e. The lowest BCUT2D eigenvalue weighted by Gasteiger charge is -2.27. The lowest BCUT2D eigenvalue weighted by molar-refractivity contribution is -0.135. The standard InChI is InChI=1S/C40H47F6N3/c1-6-48(7-2)31-16-14-30(15-17-31)38(36-20-21-37(47-27-28(3)4)35-13-9-8-12-34(35)36)33-19-18-32(26-29(33)5)49(24-10-22-39(41,42)43)25-11-23-40(44,45)46/h8-9,12-21,26,28H,6-7,10-11,22-25,27H2,1-5H3. The number of hydrogen-bond donors (Lipinski definition) is 0. The molecule has 264 valence electrons. The maximum absolute atomic E-state index is 13.0. The highest BCUT2D eigenvalue weighted by molar-refractivity contribution is 6.19. The van der Waals surface area contributed by atoms with Crippen LogP contribution in [0.2, 0.25) is 0 Å². The number of rotatable bonds is 14. The number of fused-ring (bicyclic) bond motifs is 1. The summed E-state index contributed by atoms with van der Waals surface area (Å²) in [6, 6.07) is 22.3. The van der Waals surface area contributed by atoms with Gasteiger partial charge in [-0.05, 0) is 103 Å². The Bertz CT molecular complexity index is 1610. The zero-order valence-corrected chi connectivity index (χ0v) is 29.1. The molecule has 0 atom stereocenters. The lowest BCUT2D eigenvalue weighted by atomic mass is 9.82. The molecule has 49 heavy (non-hydrogen) atoms. The van der Waals surface area contributed by atoms with E-state index in [0.717, 1.165) is 63.5 Å². The van der Waals surface area contributed by atoms with E-state index < -0.39 is 25.2 Å². The van der Waals surface area contributed by atoms with Crippen LogP contribution in [-0.4, -0.2) is 50.8 Å². The van der Waals surface area contributed by atoms with Crippen molar-refractivity contribution in [3.05, 3.63) is 107 Å². The maximum Gasteiger partial charge on any atom is 0.389 e. The quantitative estimate of drug-likeness (QED) is 0.158. The summed E-state index contributed by atoms with van der Waals surface area (Å²) in [6.45, 7) is 12.9. The highest BCUT2D eigenvalue weighted by Gasteiger charge is 2.29. The van der Waals surface area contributed by atoms with Crippen molar-refractivity contribution in [3.63, 3.8) is 0 Å². The SMILES string of the molecule is CCN(CC)c1ccc(C(=C2C=CC(=NCC(C)C)c3ccccc32)c2ccc(N(CCCC(F)(F)F)CCCC(F)(F)F)cc2C)cc1. The first-order chi connectivity index (χ1) is 23.2. The summed E-state index contributed by atoms with van der Waals surface area (Å²) in [6.07, 6.45) is -6.90. The fraction of sp³-hybridized carbons (Fsp3) is 0.425. The molecular formula is C40H47F6N3. The van der Waals surface area contributed by atoms with Gasteiger partial charge in [-0.25, -0.2) is 0 Å². The van der Waals surface area contributed by atoms with Crippen LogP contribution in [0.4, 0.5) is 37.7 Å². The molecule has 0 radical (unpaired) electrons. The van der Waals surface area contributed by atoms with Crippen LogP contribution in [0.25, 0.3) is 11.1 Å². The first-order valence-corrected chi connectivity index (χ1v) is 17.1. The number of aryl methyl sites for hydroxylation is 1. The van der Waals surface area contributed by atoms with Crippen LogP contribution in [0.15, 0.2) is 83.9 Å². The summed E-state index contributed by atoms with van der Waals surface area (Å²) in [5, 5.41) is 0. The molecule has 9 heteroatoms. The number of hydrogen-bond acceptors (Lipinski definition) is 3. The van der Waals surface area contributed by atoms with Crippen LogP contribution in [0.5, 0.6) is 0 Å². The zero-order valence-electron chi connectivity index (χ0n) is 29.1. The van der Waals surface area contributed by atoms with Crippen molar-refractivity contribution in [2.45, 2.75) is 72.7 Å². The van der Waals surface area contributed by atoms with Gasteiger partial charge in [-0.1, -0.05) is 62.4 Å². The van der Waals surface area contributed by atoms with Crippen molar-refractivity contribution < 1.29 is 26.3 Å². The molecule has 3 nitrogen and oxygen atoms in total. The molecule has 0 N–H and O–H groups in total. The van der Waals surface area contributed by atoms with Gasteiger partial charge in [0.1, 0.15) is 0 Å². The van der Waals surface area contributed by atoms with Gasteiger partial charge in [0.2, 0.25) is 0 Å². The van der Waals surface area contributed by atoms with Crippen LogP contribution in [-0.2, 0) is 0 Å². The van der Waals surface area contributed by atoms with Gasteiger partial charge in [0, 0.05) is 62.5 Å². The molecule has 4 rings (SSSR count). The van der Waals surface area contributed by atoms with E-state index in [1.807, 2.05) is 37.3 Å². The Kier molecular flexibility index (Phi) is 12.8. The fourth-order valence-electron chi connectivity index (χ4n) is 6.24. The summed E-state index contributed by atoms with van der Waals surface area (Å²) >= 11 is 0. The van der Waals surface area contributed by atoms with Gasteiger partial charge in [-0.3, -0.25) is 4.99 Å². The fourth-order valence-corrected chi connectivity index (χ4v) is 6.24. The second kappa shape index (κ2) is 16.6. The second-order valence-corrected chi connectivity index (χ2v) is 12.9. The highest BCUT2D eigenvalue weighted by atomic mass is 19.4. The van der Waals surface area contributed by atoms with Gasteiger partial charge < -0.3 is 9.80 Å². The molecule has 1 aliphatic rings. The molecule has 0 saturated heterocycles. The van der Waals surface area contributed by atoms with Gasteiger partial charge in [0.25, 0.3) is 0 Å². The maximum atomic E-state index is 13.0. The largest absolute Gasteiger partial charge is 0.389 e. The van der Waals surface area contributed by atoms with E-state index in [9.17, 15) is 26.3 Å². The Balaban J connectivity index is 1.84. The van der Waals surface area contributed by atoms with Crippen molar-refractivity contribution in [1.82, 2.24) is 0 Å². The normalized spacial score (nSPS) is 15.1. The number of alkyl halides is 6. The van der Waals surface area contributed by atoms with Crippen LogP contribution in [0.1, 0.15) is 81.2 Å². The molecule has 0 spiro atoms. The van der Waals surface area contributed by atoms with Gasteiger partial charge in [0.15, 0.2) is 0 Å². The summed E-state index contributed by atoms with van der Waals surface area (Å²) in [4.78, 5) is 8.82. The number of halogens is 6. The Hall–Kier alpha value is -4.01. The summed E-state index contributed by atoms with van der Waals surface area (Å²) in [5.41, 5.74) is 9.51. The van der Waals surface area contributed by atoms with Crippen molar-refractivity contribution in [2.75, 3.05) is 42.5 Å². The Morgan fingerprint density at radius 3 is 1.82 bits per heavy atom. The van der Waals surface area contributed by atoms with Crippen LogP contribution < -0.4 is 9.80 Å². The average Bonchev–Trinajstić information content (AvgIpc) is 3.04. The third-order valence-electron chi connectivity index (χ3n) is 8.70. The number of benzene rings is 3. The van der Waals surface area contributed by atoms with Crippen molar-refractivity contribution in [1.29, 1.82) is 0 Å². The van der Waals surface area contributed by atoms with E-state index in [4.69, 9.17) is 4.99 Å². The van der Waals surface area contributed by atoms with Gasteiger partial charge in [0.05, 0.1) is 5.71 Å². The molecule has 0 saturated carbocycles. The Morgan fingerprint density at radius 1 is 0.714 bits per heavy atom. The van der Waals surface area contributed by atoms with Gasteiger partial charge in [-0.2, -0.15) is 26.3 Å². The van der Waals surface area contributed by atoms with E-state index >= 15 is 0 Å². The van der Waals surface area contributed by atoms with E-state index in [-0.39, 0.29) is 25.9 Å². The lowest BCUT2D eigenvalue weighted by Crippen LogP contribution is -2.28. The molecule has 0 unspecified atom stereocenters. The molecule has 0 aromatic heterocycles. The highest BCUT2D eigenvalue weighted by Crippen LogP contribution is 2.40. The molecule has 0 fully saturated rings. The number of aliphatic imine (C=N–C) groups is 1. The average molecular weight is 684 g/mol. The third kappa shape index (κ3) is 10.5. The van der Waals surface area contributed by atoms with E-state index in [1.54, 1.807) is 4.90 Å². The minimum absolute atomic E-state index is 0.00548. The van der Waals surface area contributed by atoms with Crippen molar-refractivity contribution >= 4 is 28.2 Å². The molecule has 0 aliphatic heterocycles. The van der Waals surface area contributed by atoms with Crippen molar-refractivity contribution in [3.8, 4) is 0 Å². The third-order valence-corrected chi connectivity index (χ3v) is 8.70. The minimum atomic E-state index is -4.33. The number of nitrogens with zero attached hydrogens (tertiary/aromatic N) is 3. The molecule has 0 heterocycles. The molecule has 0 bridgehead atoms. The molecule has 3 aromatic carbocycles. The predicted octanol–water partition coefficient (Wildman–Crippen LogP) is 11.3. The molecule has 3 aromatic rings. The van der Waals surface area contributed by atoms with E-state index in [1.165, 1.54) is 0 Å².